The van der Waals surface area contributed by atoms with E-state index in [2.05, 4.69) is 10.2 Å². The monoisotopic (exact) mass is 1000 g/mol. The Balaban J connectivity index is 0.000000239. The van der Waals surface area contributed by atoms with Crippen molar-refractivity contribution >= 4 is 24.0 Å². The van der Waals surface area contributed by atoms with Gasteiger partial charge >= 0.3 is 0 Å². The van der Waals surface area contributed by atoms with E-state index in [0.717, 1.165) is 74.5 Å². The number of nitrogens with zero attached hydrogens (tertiary/aromatic N) is 3. The standard InChI is InChI=1S/C31H40F2N2O4.C25H30F2N2O4/c1-21(14-23-11-12-25(32)17-27(23)33)18-35(20-26-10-7-13-34(26)19-22-8-5-6-9-22)31(36)24-15-28(37-2)30(39-4)29(16-24)38-3;1-16(10-17-7-8-19(26)13-21(17)27)14-29(15-20-6-5-9-28-20)25(30)18-11-22(31-2)24(33-4)23(12-18)32-3/h11-12,14-17,22,26H,5-10,13,18-20H2,1-4H3;7-8,10-13,20,28H,5-6,9,14-15H2,1-4H3/b21-14+;16-10+. The first kappa shape index (κ1) is 55.1. The van der Waals surface area contributed by atoms with Gasteiger partial charge in [0.05, 0.1) is 42.7 Å². The highest BCUT2D eigenvalue weighted by Crippen LogP contribution is 2.40. The average molecular weight is 1000 g/mol. The molecule has 1 aliphatic carbocycles. The van der Waals surface area contributed by atoms with E-state index in [1.165, 1.54) is 92.6 Å². The van der Waals surface area contributed by atoms with E-state index >= 15 is 0 Å². The highest BCUT2D eigenvalue weighted by Gasteiger charge is 2.32. The molecule has 72 heavy (non-hydrogen) atoms. The fraction of sp³-hybridized carbons (Fsp3) is 0.464. The molecule has 2 atom stereocenters. The van der Waals surface area contributed by atoms with Crippen molar-refractivity contribution in [2.24, 2.45) is 5.92 Å². The number of benzene rings is 4. The number of carbonyl (C=O) groups is 2. The van der Waals surface area contributed by atoms with Crippen LogP contribution in [0.15, 0.2) is 71.8 Å². The minimum absolute atomic E-state index is 0.172. The molecule has 3 aliphatic rings. The van der Waals surface area contributed by atoms with E-state index in [1.807, 2.05) is 18.7 Å². The molecule has 16 heteroatoms. The Kier molecular flexibility index (Phi) is 20.2. The van der Waals surface area contributed by atoms with E-state index in [1.54, 1.807) is 41.3 Å². The van der Waals surface area contributed by atoms with Crippen molar-refractivity contribution in [3.8, 4) is 34.5 Å². The third-order valence-corrected chi connectivity index (χ3v) is 13.5. The topological polar surface area (TPSA) is 111 Å². The minimum Gasteiger partial charge on any atom is -0.493 e. The maximum absolute atomic E-state index is 14.4. The second-order valence-electron chi connectivity index (χ2n) is 18.7. The van der Waals surface area contributed by atoms with Gasteiger partial charge in [0, 0.05) is 79.2 Å². The van der Waals surface area contributed by atoms with Crippen molar-refractivity contribution in [2.45, 2.75) is 77.3 Å². The zero-order valence-corrected chi connectivity index (χ0v) is 42.9. The SMILES string of the molecule is COc1cc(C(=O)N(C/C(C)=C/c2ccc(F)cc2F)CC2CCCN2)cc(OC)c1OC.COc1cc(C(=O)N(C/C(C)=C/c2ccc(F)cc2F)CC2CCCN2CC2CCCC2)cc(OC)c1OC. The van der Waals surface area contributed by atoms with Crippen LogP contribution in [-0.4, -0.2) is 127 Å². The molecule has 0 aromatic heterocycles. The lowest BCUT2D eigenvalue weighted by Gasteiger charge is -2.33. The highest BCUT2D eigenvalue weighted by atomic mass is 19.1. The van der Waals surface area contributed by atoms with Gasteiger partial charge < -0.3 is 43.5 Å². The molecule has 3 fully saturated rings. The maximum Gasteiger partial charge on any atom is 0.254 e. The summed E-state index contributed by atoms with van der Waals surface area (Å²) in [5.41, 5.74) is 2.93. The molecular formula is C56H70F4N4O8. The van der Waals surface area contributed by atoms with Crippen molar-refractivity contribution in [1.29, 1.82) is 0 Å². The van der Waals surface area contributed by atoms with Crippen LogP contribution >= 0.6 is 0 Å². The van der Waals surface area contributed by atoms with Crippen molar-refractivity contribution in [3.63, 3.8) is 0 Å². The first-order valence-corrected chi connectivity index (χ1v) is 24.6. The van der Waals surface area contributed by atoms with Gasteiger partial charge in [-0.15, -0.1) is 0 Å². The van der Waals surface area contributed by atoms with E-state index in [-0.39, 0.29) is 41.6 Å². The summed E-state index contributed by atoms with van der Waals surface area (Å²) in [7, 11) is 9.06. The van der Waals surface area contributed by atoms with Gasteiger partial charge in [-0.05, 0) is 120 Å². The molecule has 4 aromatic carbocycles. The Morgan fingerprint density at radius 2 is 1.06 bits per heavy atom. The molecule has 4 aromatic rings. The van der Waals surface area contributed by atoms with Crippen molar-refractivity contribution in [1.82, 2.24) is 20.0 Å². The number of carbonyl (C=O) groups excluding carboxylic acids is 2. The smallest absolute Gasteiger partial charge is 0.254 e. The predicted molar refractivity (Wildman–Crippen MR) is 272 cm³/mol. The number of nitrogens with one attached hydrogen (secondary N) is 1. The molecule has 2 heterocycles. The van der Waals surface area contributed by atoms with Gasteiger partial charge in [-0.25, -0.2) is 17.6 Å². The van der Waals surface area contributed by atoms with Crippen LogP contribution in [0.1, 0.15) is 97.1 Å². The molecule has 12 nitrogen and oxygen atoms in total. The second-order valence-corrected chi connectivity index (χ2v) is 18.7. The molecule has 1 saturated carbocycles. The first-order chi connectivity index (χ1) is 34.7. The summed E-state index contributed by atoms with van der Waals surface area (Å²) in [5.74, 6) is 0.239. The van der Waals surface area contributed by atoms with Crippen LogP contribution in [0, 0.1) is 29.2 Å². The Morgan fingerprint density at radius 3 is 1.46 bits per heavy atom. The zero-order chi connectivity index (χ0) is 51.9. The summed E-state index contributed by atoms with van der Waals surface area (Å²) >= 11 is 0. The van der Waals surface area contributed by atoms with Crippen LogP contribution in [0.25, 0.3) is 12.2 Å². The van der Waals surface area contributed by atoms with Gasteiger partial charge in [0.15, 0.2) is 23.0 Å². The number of ether oxygens (including phenoxy) is 6. The van der Waals surface area contributed by atoms with Crippen molar-refractivity contribution in [3.05, 3.63) is 117 Å². The molecule has 0 bridgehead atoms. The van der Waals surface area contributed by atoms with Crippen molar-refractivity contribution < 1.29 is 55.6 Å². The van der Waals surface area contributed by atoms with E-state index in [0.29, 0.717) is 65.3 Å². The molecule has 2 amide bonds. The van der Waals surface area contributed by atoms with Gasteiger partial charge in [-0.2, -0.15) is 0 Å². The van der Waals surface area contributed by atoms with Crippen LogP contribution in [0.4, 0.5) is 17.6 Å². The van der Waals surface area contributed by atoms with E-state index in [9.17, 15) is 27.2 Å². The largest absolute Gasteiger partial charge is 0.493 e. The summed E-state index contributed by atoms with van der Waals surface area (Å²) < 4.78 is 87.7. The number of rotatable bonds is 20. The van der Waals surface area contributed by atoms with Crippen molar-refractivity contribution in [2.75, 3.05) is 88.5 Å². The number of hydrogen-bond acceptors (Lipinski definition) is 10. The zero-order valence-electron chi connectivity index (χ0n) is 42.9. The van der Waals surface area contributed by atoms with Crippen LogP contribution < -0.4 is 33.7 Å². The summed E-state index contributed by atoms with van der Waals surface area (Å²) in [6, 6.07) is 14.0. The Bertz CT molecular complexity index is 2490. The van der Waals surface area contributed by atoms with Gasteiger partial charge in [0.2, 0.25) is 11.5 Å². The minimum atomic E-state index is -0.644. The van der Waals surface area contributed by atoms with Gasteiger partial charge in [-0.1, -0.05) is 36.1 Å². The first-order valence-electron chi connectivity index (χ1n) is 24.6. The molecule has 390 valence electrons. The Labute approximate surface area is 421 Å². The van der Waals surface area contributed by atoms with Gasteiger partial charge in [-0.3, -0.25) is 14.5 Å². The average Bonchev–Trinajstić information content (AvgIpc) is 4.19. The summed E-state index contributed by atoms with van der Waals surface area (Å²) in [5, 5.41) is 3.41. The fourth-order valence-electron chi connectivity index (χ4n) is 9.97. The Morgan fingerprint density at radius 1 is 0.597 bits per heavy atom. The maximum atomic E-state index is 14.4. The number of likely N-dealkylation sites (tertiary alicyclic amines) is 1. The van der Waals surface area contributed by atoms with Crippen LogP contribution in [0.5, 0.6) is 34.5 Å². The van der Waals surface area contributed by atoms with Crippen LogP contribution in [0.2, 0.25) is 0 Å². The molecule has 0 spiro atoms. The van der Waals surface area contributed by atoms with Crippen LogP contribution in [-0.2, 0) is 0 Å². The summed E-state index contributed by atoms with van der Waals surface area (Å²) in [6.45, 7) is 8.35. The lowest BCUT2D eigenvalue weighted by atomic mass is 10.1. The predicted octanol–water partition coefficient (Wildman–Crippen LogP) is 10.5. The third kappa shape index (κ3) is 14.5. The van der Waals surface area contributed by atoms with E-state index in [4.69, 9.17) is 28.4 Å². The highest BCUT2D eigenvalue weighted by molar-refractivity contribution is 5.96. The Hall–Kier alpha value is -6.26. The molecule has 1 N–H and O–H groups in total. The van der Waals surface area contributed by atoms with Crippen LogP contribution in [0.3, 0.4) is 0 Å². The molecular weight excluding hydrogens is 933 g/mol. The quantitative estimate of drug-likeness (QED) is 0.0860. The second kappa shape index (κ2) is 26.4. The number of amides is 2. The molecule has 2 saturated heterocycles. The lowest BCUT2D eigenvalue weighted by Crippen LogP contribution is -2.45. The lowest BCUT2D eigenvalue weighted by molar-refractivity contribution is 0.0713. The fourth-order valence-corrected chi connectivity index (χ4v) is 9.97. The van der Waals surface area contributed by atoms with Gasteiger partial charge in [0.25, 0.3) is 11.8 Å². The molecule has 7 rings (SSSR count). The summed E-state index contributed by atoms with van der Waals surface area (Å²) in [4.78, 5) is 33.7. The molecule has 0 radical (unpaired) electrons. The normalized spacial score (nSPS) is 17.3. The third-order valence-electron chi connectivity index (χ3n) is 13.5. The molecule has 2 unspecified atom stereocenters. The van der Waals surface area contributed by atoms with Gasteiger partial charge in [0.1, 0.15) is 23.3 Å². The van der Waals surface area contributed by atoms with E-state index < -0.39 is 23.3 Å². The summed E-state index contributed by atoms with van der Waals surface area (Å²) in [6.07, 6.45) is 12.6. The number of hydrogen-bond donors (Lipinski definition) is 1. The number of methoxy groups -OCH3 is 6. The molecule has 2 aliphatic heterocycles. The number of halogens is 4.